The number of carbonyl (C=O) groups is 1. The monoisotopic (exact) mass is 378 g/mol. The van der Waals surface area contributed by atoms with E-state index in [-0.39, 0.29) is 11.6 Å². The summed E-state index contributed by atoms with van der Waals surface area (Å²) in [5.74, 6) is 0.461. The molecule has 1 aliphatic heterocycles. The van der Waals surface area contributed by atoms with E-state index in [0.717, 1.165) is 30.5 Å². The van der Waals surface area contributed by atoms with Gasteiger partial charge in [-0.1, -0.05) is 30.3 Å². The number of fused-ring (bicyclic) bond motifs is 1. The molecule has 1 amide bonds. The lowest BCUT2D eigenvalue weighted by Crippen LogP contribution is -2.32. The molecule has 6 heteroatoms. The van der Waals surface area contributed by atoms with E-state index >= 15 is 0 Å². The molecule has 0 saturated carbocycles. The van der Waals surface area contributed by atoms with Crippen LogP contribution in [0.4, 0.5) is 5.69 Å². The van der Waals surface area contributed by atoms with Crippen molar-refractivity contribution in [3.63, 3.8) is 0 Å². The number of para-hydroxylation sites is 3. The molecule has 0 radical (unpaired) electrons. The summed E-state index contributed by atoms with van der Waals surface area (Å²) in [5.41, 5.74) is 2.92. The number of aryl methyl sites for hydroxylation is 2. The number of imidazole rings is 1. The number of hydrogen-bond acceptors (Lipinski definition) is 3. The molecule has 1 aromatic heterocycles. The van der Waals surface area contributed by atoms with Gasteiger partial charge >= 0.3 is 5.69 Å². The third-order valence-corrected chi connectivity index (χ3v) is 5.61. The summed E-state index contributed by atoms with van der Waals surface area (Å²) >= 11 is 0. The van der Waals surface area contributed by atoms with Gasteiger partial charge in [0, 0.05) is 45.3 Å². The Hall–Kier alpha value is -3.02. The Morgan fingerprint density at radius 2 is 1.79 bits per heavy atom. The third kappa shape index (κ3) is 3.67. The number of amides is 1. The van der Waals surface area contributed by atoms with Gasteiger partial charge in [0.05, 0.1) is 11.0 Å². The van der Waals surface area contributed by atoms with E-state index in [0.29, 0.717) is 25.4 Å². The zero-order chi connectivity index (χ0) is 19.5. The van der Waals surface area contributed by atoms with Crippen LogP contribution in [-0.2, 0) is 18.4 Å². The average molecular weight is 378 g/mol. The van der Waals surface area contributed by atoms with Crippen LogP contribution in [0, 0.1) is 5.92 Å². The van der Waals surface area contributed by atoms with Gasteiger partial charge < -0.3 is 10.2 Å². The van der Waals surface area contributed by atoms with Crippen LogP contribution in [0.3, 0.4) is 0 Å². The molecule has 146 valence electrons. The minimum atomic E-state index is -0.0803. The van der Waals surface area contributed by atoms with Crippen LogP contribution in [0.2, 0.25) is 0 Å². The molecule has 0 spiro atoms. The Balaban J connectivity index is 1.29. The molecule has 1 fully saturated rings. The first-order valence-electron chi connectivity index (χ1n) is 9.84. The maximum atomic E-state index is 12.4. The second kappa shape index (κ2) is 7.92. The second-order valence-electron chi connectivity index (χ2n) is 7.47. The summed E-state index contributed by atoms with van der Waals surface area (Å²) in [4.78, 5) is 27.1. The predicted molar refractivity (Wildman–Crippen MR) is 112 cm³/mol. The van der Waals surface area contributed by atoms with Gasteiger partial charge in [-0.15, -0.1) is 0 Å². The minimum absolute atomic E-state index is 0.00186. The highest BCUT2D eigenvalue weighted by atomic mass is 16.2. The first-order valence-corrected chi connectivity index (χ1v) is 9.84. The molecule has 1 atom stereocenters. The lowest BCUT2D eigenvalue weighted by molar-refractivity contribution is -0.121. The molecule has 0 aliphatic carbocycles. The Morgan fingerprint density at radius 1 is 1.07 bits per heavy atom. The molecule has 3 aromatic rings. The number of rotatable bonds is 6. The Bertz CT molecular complexity index is 1020. The lowest BCUT2D eigenvalue weighted by Gasteiger charge is -2.18. The first kappa shape index (κ1) is 18.3. The number of carbonyl (C=O) groups excluding carboxylic acids is 1. The molecule has 1 N–H and O–H groups in total. The molecule has 0 bridgehead atoms. The van der Waals surface area contributed by atoms with E-state index in [4.69, 9.17) is 0 Å². The van der Waals surface area contributed by atoms with E-state index in [1.54, 1.807) is 16.2 Å². The largest absolute Gasteiger partial charge is 0.371 e. The van der Waals surface area contributed by atoms with Crippen LogP contribution < -0.4 is 15.9 Å². The normalized spacial score (nSPS) is 16.6. The maximum absolute atomic E-state index is 12.4. The highest BCUT2D eigenvalue weighted by molar-refractivity contribution is 5.77. The highest BCUT2D eigenvalue weighted by Crippen LogP contribution is 2.23. The SMILES string of the molecule is Cn1c(=O)n(CCC(=O)NCC2CCN(c3ccccc3)C2)c2ccccc21. The maximum Gasteiger partial charge on any atom is 0.328 e. The lowest BCUT2D eigenvalue weighted by atomic mass is 10.1. The Kier molecular flexibility index (Phi) is 5.19. The van der Waals surface area contributed by atoms with E-state index in [2.05, 4.69) is 34.5 Å². The van der Waals surface area contributed by atoms with Gasteiger partial charge in [-0.2, -0.15) is 0 Å². The molecular formula is C22H26N4O2. The van der Waals surface area contributed by atoms with E-state index in [1.165, 1.54) is 5.69 Å². The fourth-order valence-electron chi connectivity index (χ4n) is 4.01. The van der Waals surface area contributed by atoms with Crippen LogP contribution in [0.1, 0.15) is 12.8 Å². The van der Waals surface area contributed by atoms with Crippen molar-refractivity contribution < 1.29 is 4.79 Å². The van der Waals surface area contributed by atoms with Gasteiger partial charge in [0.1, 0.15) is 0 Å². The van der Waals surface area contributed by atoms with Crippen molar-refractivity contribution in [2.24, 2.45) is 13.0 Å². The molecule has 1 saturated heterocycles. The number of nitrogens with one attached hydrogen (secondary N) is 1. The molecule has 1 unspecified atom stereocenters. The van der Waals surface area contributed by atoms with Gasteiger partial charge in [-0.05, 0) is 36.6 Å². The van der Waals surface area contributed by atoms with Crippen LogP contribution >= 0.6 is 0 Å². The fraction of sp³-hybridized carbons (Fsp3) is 0.364. The van der Waals surface area contributed by atoms with Gasteiger partial charge in [-0.25, -0.2) is 4.79 Å². The summed E-state index contributed by atoms with van der Waals surface area (Å²) in [6.45, 7) is 3.07. The smallest absolute Gasteiger partial charge is 0.328 e. The minimum Gasteiger partial charge on any atom is -0.371 e. The highest BCUT2D eigenvalue weighted by Gasteiger charge is 2.23. The van der Waals surface area contributed by atoms with Gasteiger partial charge in [-0.3, -0.25) is 13.9 Å². The van der Waals surface area contributed by atoms with Crippen molar-refractivity contribution in [1.29, 1.82) is 0 Å². The molecule has 6 nitrogen and oxygen atoms in total. The second-order valence-corrected chi connectivity index (χ2v) is 7.47. The Morgan fingerprint density at radius 3 is 2.57 bits per heavy atom. The standard InChI is InChI=1S/C22H26N4O2/c1-24-19-9-5-6-10-20(19)26(22(24)28)14-12-21(27)23-15-17-11-13-25(16-17)18-7-3-2-4-8-18/h2-10,17H,11-16H2,1H3,(H,23,27). The molecule has 28 heavy (non-hydrogen) atoms. The molecule has 4 rings (SSSR count). The van der Waals surface area contributed by atoms with Gasteiger partial charge in [0.25, 0.3) is 0 Å². The van der Waals surface area contributed by atoms with Crippen LogP contribution in [0.25, 0.3) is 11.0 Å². The molecule has 1 aliphatic rings. The van der Waals surface area contributed by atoms with Crippen molar-refractivity contribution in [3.05, 3.63) is 65.1 Å². The van der Waals surface area contributed by atoms with Crippen molar-refractivity contribution in [2.45, 2.75) is 19.4 Å². The molecular weight excluding hydrogens is 352 g/mol. The quantitative estimate of drug-likeness (QED) is 0.716. The van der Waals surface area contributed by atoms with Crippen molar-refractivity contribution in [2.75, 3.05) is 24.5 Å². The third-order valence-electron chi connectivity index (χ3n) is 5.61. The van der Waals surface area contributed by atoms with Gasteiger partial charge in [0.15, 0.2) is 0 Å². The predicted octanol–water partition coefficient (Wildman–Crippen LogP) is 2.37. The van der Waals surface area contributed by atoms with Crippen molar-refractivity contribution >= 4 is 22.6 Å². The van der Waals surface area contributed by atoms with Crippen LogP contribution in [0.5, 0.6) is 0 Å². The summed E-state index contributed by atoms with van der Waals surface area (Å²) < 4.78 is 3.31. The van der Waals surface area contributed by atoms with Crippen LogP contribution in [-0.4, -0.2) is 34.7 Å². The molecule has 2 heterocycles. The Labute approximate surface area is 164 Å². The van der Waals surface area contributed by atoms with Gasteiger partial charge in [0.2, 0.25) is 5.91 Å². The summed E-state index contributed by atoms with van der Waals surface area (Å²) in [5, 5.41) is 3.05. The van der Waals surface area contributed by atoms with E-state index in [9.17, 15) is 9.59 Å². The first-order chi connectivity index (χ1) is 13.6. The van der Waals surface area contributed by atoms with E-state index in [1.807, 2.05) is 30.3 Å². The average Bonchev–Trinajstić information content (AvgIpc) is 3.30. The summed E-state index contributed by atoms with van der Waals surface area (Å²) in [6.07, 6.45) is 1.39. The number of hydrogen-bond donors (Lipinski definition) is 1. The zero-order valence-corrected chi connectivity index (χ0v) is 16.2. The number of benzene rings is 2. The number of nitrogens with zero attached hydrogens (tertiary/aromatic N) is 3. The van der Waals surface area contributed by atoms with Crippen molar-refractivity contribution in [3.8, 4) is 0 Å². The van der Waals surface area contributed by atoms with Crippen molar-refractivity contribution in [1.82, 2.24) is 14.5 Å². The summed E-state index contributed by atoms with van der Waals surface area (Å²) in [7, 11) is 1.76. The molecule has 2 aromatic carbocycles. The zero-order valence-electron chi connectivity index (χ0n) is 16.2. The fourth-order valence-corrected chi connectivity index (χ4v) is 4.01. The summed E-state index contributed by atoms with van der Waals surface area (Å²) in [6, 6.07) is 18.1. The topological polar surface area (TPSA) is 59.3 Å². The number of aromatic nitrogens is 2. The van der Waals surface area contributed by atoms with Crippen LogP contribution in [0.15, 0.2) is 59.4 Å². The van der Waals surface area contributed by atoms with E-state index < -0.39 is 0 Å². The number of anilines is 1.